The van der Waals surface area contributed by atoms with Crippen molar-refractivity contribution in [2.75, 3.05) is 0 Å². The molecule has 0 radical (unpaired) electrons. The van der Waals surface area contributed by atoms with E-state index in [2.05, 4.69) is 22.2 Å². The van der Waals surface area contributed by atoms with E-state index >= 15 is 0 Å². The van der Waals surface area contributed by atoms with Gasteiger partial charge in [0, 0.05) is 16.5 Å². The van der Waals surface area contributed by atoms with Crippen molar-refractivity contribution in [1.29, 1.82) is 0 Å². The molecule has 2 heterocycles. The van der Waals surface area contributed by atoms with E-state index in [1.54, 1.807) is 11.8 Å². The zero-order valence-electron chi connectivity index (χ0n) is 9.66. The van der Waals surface area contributed by atoms with Crippen molar-refractivity contribution < 1.29 is 0 Å². The summed E-state index contributed by atoms with van der Waals surface area (Å²) in [6.07, 6.45) is 0. The molecule has 86 valence electrons. The number of hydrogen-bond donors (Lipinski definition) is 0. The summed E-state index contributed by atoms with van der Waals surface area (Å²) in [5.74, 6) is 0.805. The normalized spacial score (nSPS) is 18.7. The van der Waals surface area contributed by atoms with Crippen LogP contribution in [0.1, 0.15) is 13.8 Å². The zero-order valence-corrected chi connectivity index (χ0v) is 10.5. The first-order valence-electron chi connectivity index (χ1n) is 5.48. The third kappa shape index (κ3) is 1.76. The molecule has 2 aromatic rings. The molecule has 0 fully saturated rings. The maximum absolute atomic E-state index is 4.55. The molecule has 0 spiro atoms. The number of fused-ring (bicyclic) bond motifs is 1. The zero-order chi connectivity index (χ0) is 11.8. The van der Waals surface area contributed by atoms with Gasteiger partial charge < -0.3 is 0 Å². The lowest BCUT2D eigenvalue weighted by atomic mass is 10.2. The van der Waals surface area contributed by atoms with Crippen molar-refractivity contribution in [3.8, 4) is 11.4 Å². The molecule has 4 nitrogen and oxygen atoms in total. The first-order chi connectivity index (χ1) is 8.25. The van der Waals surface area contributed by atoms with Crippen molar-refractivity contribution in [2.24, 2.45) is 5.10 Å². The summed E-state index contributed by atoms with van der Waals surface area (Å²) in [6.45, 7) is 4.17. The van der Waals surface area contributed by atoms with Gasteiger partial charge in [-0.1, -0.05) is 42.1 Å². The van der Waals surface area contributed by atoms with Gasteiger partial charge in [-0.3, -0.25) is 0 Å². The number of rotatable bonds is 1. The van der Waals surface area contributed by atoms with Crippen LogP contribution >= 0.6 is 11.8 Å². The molecule has 0 amide bonds. The second-order valence-corrected chi connectivity index (χ2v) is 5.29. The Morgan fingerprint density at radius 1 is 1.18 bits per heavy atom. The number of benzene rings is 1. The van der Waals surface area contributed by atoms with Gasteiger partial charge in [0.05, 0.1) is 0 Å². The van der Waals surface area contributed by atoms with Crippen LogP contribution < -0.4 is 0 Å². The third-order valence-electron chi connectivity index (χ3n) is 2.77. The highest BCUT2D eigenvalue weighted by Crippen LogP contribution is 2.30. The van der Waals surface area contributed by atoms with Crippen molar-refractivity contribution >= 4 is 17.5 Å². The van der Waals surface area contributed by atoms with Crippen LogP contribution in [0.15, 0.2) is 40.6 Å². The van der Waals surface area contributed by atoms with Gasteiger partial charge in [0.25, 0.3) is 0 Å². The fraction of sp³-hybridized carbons (Fsp3) is 0.250. The van der Waals surface area contributed by atoms with Crippen molar-refractivity contribution in [2.45, 2.75) is 24.3 Å². The van der Waals surface area contributed by atoms with Crippen LogP contribution in [0.2, 0.25) is 0 Å². The highest BCUT2D eigenvalue weighted by molar-refractivity contribution is 8.00. The Morgan fingerprint density at radius 2 is 1.94 bits per heavy atom. The fourth-order valence-electron chi connectivity index (χ4n) is 1.68. The van der Waals surface area contributed by atoms with Gasteiger partial charge in [0.15, 0.2) is 5.82 Å². The summed E-state index contributed by atoms with van der Waals surface area (Å²) in [6, 6.07) is 10.0. The van der Waals surface area contributed by atoms with Crippen molar-refractivity contribution in [3.63, 3.8) is 0 Å². The summed E-state index contributed by atoms with van der Waals surface area (Å²) in [5, 5.41) is 14.2. The Kier molecular flexibility index (Phi) is 2.48. The summed E-state index contributed by atoms with van der Waals surface area (Å²) in [4.78, 5) is 0. The summed E-state index contributed by atoms with van der Waals surface area (Å²) < 4.78 is 1.83. The standard InChI is InChI=1S/C12H12N4S/c1-8-9(2)17-12-14-13-11(16(12)15-8)10-6-4-3-5-7-10/h3-7,9H,1-2H3. The molecule has 1 aromatic carbocycles. The van der Waals surface area contributed by atoms with Crippen LogP contribution in [0.5, 0.6) is 0 Å². The molecule has 0 saturated carbocycles. The number of nitrogens with zero attached hydrogens (tertiary/aromatic N) is 4. The Morgan fingerprint density at radius 3 is 2.71 bits per heavy atom. The van der Waals surface area contributed by atoms with Crippen LogP contribution in [-0.4, -0.2) is 25.8 Å². The third-order valence-corrected chi connectivity index (χ3v) is 3.93. The molecule has 0 saturated heterocycles. The average Bonchev–Trinajstić information content (AvgIpc) is 2.74. The summed E-state index contributed by atoms with van der Waals surface area (Å²) >= 11 is 1.69. The van der Waals surface area contributed by atoms with Crippen LogP contribution in [0.25, 0.3) is 11.4 Å². The highest BCUT2D eigenvalue weighted by atomic mass is 32.2. The predicted molar refractivity (Wildman–Crippen MR) is 69.3 cm³/mol. The van der Waals surface area contributed by atoms with Gasteiger partial charge in [-0.25, -0.2) is 0 Å². The van der Waals surface area contributed by atoms with Crippen molar-refractivity contribution in [3.05, 3.63) is 30.3 Å². The topological polar surface area (TPSA) is 43.1 Å². The summed E-state index contributed by atoms with van der Waals surface area (Å²) in [5.41, 5.74) is 2.14. The molecule has 1 unspecified atom stereocenters. The smallest absolute Gasteiger partial charge is 0.187 e. The second-order valence-electron chi connectivity index (χ2n) is 3.99. The summed E-state index contributed by atoms with van der Waals surface area (Å²) in [7, 11) is 0. The van der Waals surface area contributed by atoms with Crippen LogP contribution in [0.3, 0.4) is 0 Å². The molecular weight excluding hydrogens is 232 g/mol. The minimum absolute atomic E-state index is 0.371. The quantitative estimate of drug-likeness (QED) is 0.774. The van der Waals surface area contributed by atoms with E-state index in [0.717, 1.165) is 22.3 Å². The van der Waals surface area contributed by atoms with E-state index in [9.17, 15) is 0 Å². The van der Waals surface area contributed by atoms with Crippen LogP contribution in [-0.2, 0) is 0 Å². The van der Waals surface area contributed by atoms with E-state index < -0.39 is 0 Å². The van der Waals surface area contributed by atoms with Crippen molar-refractivity contribution in [1.82, 2.24) is 14.9 Å². The van der Waals surface area contributed by atoms with Gasteiger partial charge in [0.2, 0.25) is 5.16 Å². The second kappa shape index (κ2) is 4.00. The van der Waals surface area contributed by atoms with Crippen LogP contribution in [0.4, 0.5) is 0 Å². The van der Waals surface area contributed by atoms with E-state index in [1.165, 1.54) is 0 Å². The van der Waals surface area contributed by atoms with E-state index in [-0.39, 0.29) is 0 Å². The average molecular weight is 244 g/mol. The lowest BCUT2D eigenvalue weighted by Crippen LogP contribution is -2.17. The molecule has 1 aliphatic rings. The van der Waals surface area contributed by atoms with E-state index in [4.69, 9.17) is 0 Å². The molecule has 17 heavy (non-hydrogen) atoms. The molecular formula is C12H12N4S. The first-order valence-corrected chi connectivity index (χ1v) is 6.36. The Balaban J connectivity index is 2.13. The number of aromatic nitrogens is 3. The fourth-order valence-corrected chi connectivity index (χ4v) is 2.53. The Bertz CT molecular complexity index is 573. The number of thioether (sulfide) groups is 1. The molecule has 0 N–H and O–H groups in total. The molecule has 0 aliphatic carbocycles. The molecule has 1 aromatic heterocycles. The molecule has 1 atom stereocenters. The lowest BCUT2D eigenvalue weighted by molar-refractivity contribution is 0.752. The van der Waals surface area contributed by atoms with E-state index in [1.807, 2.05) is 41.9 Å². The SMILES string of the molecule is CC1=Nn2c(nnc2-c2ccccc2)SC1C. The lowest BCUT2D eigenvalue weighted by Gasteiger charge is -2.16. The van der Waals surface area contributed by atoms with Gasteiger partial charge in [-0.15, -0.1) is 10.2 Å². The Labute approximate surface area is 104 Å². The molecule has 0 bridgehead atoms. The Hall–Kier alpha value is -1.62. The first kappa shape index (κ1) is 10.5. The van der Waals surface area contributed by atoms with Crippen LogP contribution in [0, 0.1) is 0 Å². The minimum Gasteiger partial charge on any atom is -0.187 e. The van der Waals surface area contributed by atoms with Gasteiger partial charge in [-0.05, 0) is 13.8 Å². The van der Waals surface area contributed by atoms with E-state index in [0.29, 0.717) is 5.25 Å². The molecule has 3 rings (SSSR count). The maximum Gasteiger partial charge on any atom is 0.212 e. The van der Waals surface area contributed by atoms with Gasteiger partial charge in [0.1, 0.15) is 0 Å². The largest absolute Gasteiger partial charge is 0.212 e. The number of hydrogen-bond acceptors (Lipinski definition) is 4. The molecule has 5 heteroatoms. The highest BCUT2D eigenvalue weighted by Gasteiger charge is 2.22. The minimum atomic E-state index is 0.371. The van der Waals surface area contributed by atoms with Gasteiger partial charge >= 0.3 is 0 Å². The maximum atomic E-state index is 4.55. The monoisotopic (exact) mass is 244 g/mol. The predicted octanol–water partition coefficient (Wildman–Crippen LogP) is 2.66. The molecule has 1 aliphatic heterocycles. The van der Waals surface area contributed by atoms with Gasteiger partial charge in [-0.2, -0.15) is 9.78 Å².